The van der Waals surface area contributed by atoms with Crippen LogP contribution in [0.2, 0.25) is 0 Å². The van der Waals surface area contributed by atoms with Crippen molar-refractivity contribution in [2.75, 3.05) is 11.9 Å². The molecule has 0 aliphatic heterocycles. The molecular formula is C12H15N3O5. The van der Waals surface area contributed by atoms with Crippen LogP contribution in [0.4, 0.5) is 11.4 Å². The number of carboxylic acids is 1. The summed E-state index contributed by atoms with van der Waals surface area (Å²) in [5, 5.41) is 25.1. The van der Waals surface area contributed by atoms with Gasteiger partial charge >= 0.3 is 5.97 Å². The number of nitrogens with zero attached hydrogens (tertiary/aromatic N) is 1. The molecule has 0 aliphatic rings. The van der Waals surface area contributed by atoms with Gasteiger partial charge < -0.3 is 15.7 Å². The largest absolute Gasteiger partial charge is 0.477 e. The lowest BCUT2D eigenvalue weighted by Gasteiger charge is -2.14. The first kappa shape index (κ1) is 15.4. The molecule has 0 aliphatic carbocycles. The van der Waals surface area contributed by atoms with Gasteiger partial charge in [-0.3, -0.25) is 14.9 Å². The fourth-order valence-corrected chi connectivity index (χ4v) is 1.60. The van der Waals surface area contributed by atoms with Crippen LogP contribution in [0, 0.1) is 10.1 Å². The maximum absolute atomic E-state index is 11.5. The number of benzene rings is 1. The van der Waals surface area contributed by atoms with Crippen LogP contribution in [-0.4, -0.2) is 34.5 Å². The smallest absolute Gasteiger partial charge is 0.342 e. The quantitative estimate of drug-likeness (QED) is 0.532. The second-order valence-corrected chi connectivity index (χ2v) is 4.05. The van der Waals surface area contributed by atoms with Crippen LogP contribution in [0.1, 0.15) is 24.2 Å². The van der Waals surface area contributed by atoms with Crippen LogP contribution in [-0.2, 0) is 4.79 Å². The first-order valence-electron chi connectivity index (χ1n) is 5.92. The summed E-state index contributed by atoms with van der Waals surface area (Å²) in [5.74, 6) is -1.63. The second kappa shape index (κ2) is 6.50. The third-order valence-corrected chi connectivity index (χ3v) is 2.55. The molecule has 8 nitrogen and oxygen atoms in total. The van der Waals surface area contributed by atoms with Crippen molar-refractivity contribution in [3.8, 4) is 0 Å². The zero-order valence-corrected chi connectivity index (χ0v) is 11.0. The van der Waals surface area contributed by atoms with Crippen LogP contribution in [0.15, 0.2) is 18.2 Å². The van der Waals surface area contributed by atoms with E-state index in [2.05, 4.69) is 10.6 Å². The summed E-state index contributed by atoms with van der Waals surface area (Å²) in [6.07, 6.45) is 0. The number of carboxylic acid groups (broad SMARTS) is 1. The predicted molar refractivity (Wildman–Crippen MR) is 71.8 cm³/mol. The lowest BCUT2D eigenvalue weighted by Crippen LogP contribution is -2.37. The van der Waals surface area contributed by atoms with Crippen LogP contribution in [0.5, 0.6) is 0 Å². The highest BCUT2D eigenvalue weighted by atomic mass is 16.6. The molecule has 1 aromatic rings. The van der Waals surface area contributed by atoms with Gasteiger partial charge in [-0.05, 0) is 26.0 Å². The number of likely N-dealkylation sites (N-methyl/N-ethyl adjacent to an activating group) is 1. The van der Waals surface area contributed by atoms with E-state index in [1.807, 2.05) is 0 Å². The van der Waals surface area contributed by atoms with E-state index < -0.39 is 28.2 Å². The maximum atomic E-state index is 11.5. The molecule has 3 N–H and O–H groups in total. The van der Waals surface area contributed by atoms with E-state index in [1.165, 1.54) is 6.07 Å². The maximum Gasteiger partial charge on any atom is 0.342 e. The lowest BCUT2D eigenvalue weighted by atomic mass is 10.1. The molecule has 0 fully saturated rings. The Bertz CT molecular complexity index is 544. The van der Waals surface area contributed by atoms with E-state index in [9.17, 15) is 19.7 Å². The number of nitro groups is 1. The van der Waals surface area contributed by atoms with Crippen molar-refractivity contribution < 1.29 is 19.6 Å². The third-order valence-electron chi connectivity index (χ3n) is 2.55. The highest BCUT2D eigenvalue weighted by molar-refractivity contribution is 5.93. The molecule has 8 heteroatoms. The number of anilines is 1. The van der Waals surface area contributed by atoms with E-state index in [4.69, 9.17) is 5.11 Å². The van der Waals surface area contributed by atoms with Gasteiger partial charge in [-0.15, -0.1) is 0 Å². The van der Waals surface area contributed by atoms with Gasteiger partial charge in [0.15, 0.2) is 0 Å². The van der Waals surface area contributed by atoms with Gasteiger partial charge in [-0.2, -0.15) is 0 Å². The normalized spacial score (nSPS) is 11.5. The van der Waals surface area contributed by atoms with Crippen LogP contribution in [0.25, 0.3) is 0 Å². The molecule has 1 rings (SSSR count). The van der Waals surface area contributed by atoms with Crippen molar-refractivity contribution in [3.63, 3.8) is 0 Å². The van der Waals surface area contributed by atoms with E-state index in [1.54, 1.807) is 13.8 Å². The summed E-state index contributed by atoms with van der Waals surface area (Å²) in [5.41, 5.74) is -0.614. The Kier molecular flexibility index (Phi) is 5.01. The fourth-order valence-electron chi connectivity index (χ4n) is 1.60. The highest BCUT2D eigenvalue weighted by Gasteiger charge is 2.21. The number of hydrogen-bond acceptors (Lipinski definition) is 5. The van der Waals surface area contributed by atoms with E-state index in [-0.39, 0.29) is 5.91 Å². The number of rotatable bonds is 6. The minimum atomic E-state index is -1.37. The number of hydrogen-bond donors (Lipinski definition) is 3. The number of amides is 1. The number of aromatic carboxylic acids is 1. The molecule has 108 valence electrons. The molecule has 0 saturated heterocycles. The molecule has 0 radical (unpaired) electrons. The number of nitro benzene ring substituents is 1. The standard InChI is InChI=1S/C12H15N3O5/c1-3-13-11(16)7(2)14-8-4-5-9(12(17)18)10(6-8)15(19)20/h4-7,14H,3H2,1-2H3,(H,13,16)(H,17,18). The lowest BCUT2D eigenvalue weighted by molar-refractivity contribution is -0.385. The van der Waals surface area contributed by atoms with Gasteiger partial charge in [-0.25, -0.2) is 4.79 Å². The van der Waals surface area contributed by atoms with Crippen LogP contribution < -0.4 is 10.6 Å². The summed E-state index contributed by atoms with van der Waals surface area (Å²) >= 11 is 0. The SMILES string of the molecule is CCNC(=O)C(C)Nc1ccc(C(=O)O)c([N+](=O)[O-])c1. The van der Waals surface area contributed by atoms with Crippen LogP contribution in [0.3, 0.4) is 0 Å². The zero-order valence-electron chi connectivity index (χ0n) is 11.0. The number of carbonyl (C=O) groups is 2. The van der Waals surface area contributed by atoms with Crippen molar-refractivity contribution in [1.82, 2.24) is 5.32 Å². The van der Waals surface area contributed by atoms with Crippen molar-refractivity contribution in [1.29, 1.82) is 0 Å². The molecule has 20 heavy (non-hydrogen) atoms. The molecule has 1 unspecified atom stereocenters. The van der Waals surface area contributed by atoms with Crippen molar-refractivity contribution in [2.45, 2.75) is 19.9 Å². The van der Waals surface area contributed by atoms with Gasteiger partial charge in [0, 0.05) is 18.3 Å². The van der Waals surface area contributed by atoms with Gasteiger partial charge in [0.05, 0.1) is 4.92 Å². The summed E-state index contributed by atoms with van der Waals surface area (Å²) in [6, 6.07) is 3.02. The molecule has 0 bridgehead atoms. The monoisotopic (exact) mass is 281 g/mol. The summed E-state index contributed by atoms with van der Waals surface area (Å²) in [6.45, 7) is 3.85. The first-order chi connectivity index (χ1) is 9.36. The molecule has 1 amide bonds. The average Bonchev–Trinajstić information content (AvgIpc) is 2.38. The Balaban J connectivity index is 2.98. The Morgan fingerprint density at radius 2 is 2.10 bits per heavy atom. The molecule has 1 atom stereocenters. The van der Waals surface area contributed by atoms with Gasteiger partial charge in [0.1, 0.15) is 11.6 Å². The molecule has 0 heterocycles. The summed E-state index contributed by atoms with van der Waals surface area (Å²) < 4.78 is 0. The molecule has 0 aromatic heterocycles. The first-order valence-corrected chi connectivity index (χ1v) is 5.92. The minimum absolute atomic E-state index is 0.252. The Morgan fingerprint density at radius 3 is 2.60 bits per heavy atom. The zero-order chi connectivity index (χ0) is 15.3. The number of nitrogens with one attached hydrogen (secondary N) is 2. The third kappa shape index (κ3) is 3.67. The van der Waals surface area contributed by atoms with Gasteiger partial charge in [0.25, 0.3) is 5.69 Å². The van der Waals surface area contributed by atoms with E-state index >= 15 is 0 Å². The Morgan fingerprint density at radius 1 is 1.45 bits per heavy atom. The van der Waals surface area contributed by atoms with E-state index in [0.717, 1.165) is 12.1 Å². The molecule has 1 aromatic carbocycles. The Labute approximate surface area is 114 Å². The average molecular weight is 281 g/mol. The highest BCUT2D eigenvalue weighted by Crippen LogP contribution is 2.23. The Hall–Kier alpha value is -2.64. The molecule has 0 saturated carbocycles. The summed E-state index contributed by atoms with van der Waals surface area (Å²) in [4.78, 5) is 32.5. The van der Waals surface area contributed by atoms with Crippen molar-refractivity contribution >= 4 is 23.3 Å². The molecular weight excluding hydrogens is 266 g/mol. The topological polar surface area (TPSA) is 122 Å². The van der Waals surface area contributed by atoms with Crippen molar-refractivity contribution in [2.24, 2.45) is 0 Å². The predicted octanol–water partition coefficient (Wildman–Crippen LogP) is 1.23. The molecule has 0 spiro atoms. The fraction of sp³-hybridized carbons (Fsp3) is 0.333. The van der Waals surface area contributed by atoms with Crippen LogP contribution >= 0.6 is 0 Å². The van der Waals surface area contributed by atoms with Gasteiger partial charge in [0.2, 0.25) is 5.91 Å². The summed E-state index contributed by atoms with van der Waals surface area (Å²) in [7, 11) is 0. The number of carbonyl (C=O) groups excluding carboxylic acids is 1. The van der Waals surface area contributed by atoms with Gasteiger partial charge in [-0.1, -0.05) is 0 Å². The second-order valence-electron chi connectivity index (χ2n) is 4.05. The minimum Gasteiger partial charge on any atom is -0.477 e. The van der Waals surface area contributed by atoms with E-state index in [0.29, 0.717) is 12.2 Å². The van der Waals surface area contributed by atoms with Crippen molar-refractivity contribution in [3.05, 3.63) is 33.9 Å².